The zero-order chi connectivity index (χ0) is 24.7. The van der Waals surface area contributed by atoms with Crippen LogP contribution in [0.1, 0.15) is 56.6 Å². The summed E-state index contributed by atoms with van der Waals surface area (Å²) in [5.41, 5.74) is 6.32. The van der Waals surface area contributed by atoms with Crippen molar-refractivity contribution >= 4 is 22.7 Å². The molecule has 2 aromatic heterocycles. The van der Waals surface area contributed by atoms with Gasteiger partial charge in [0.05, 0.1) is 29.1 Å². The average Bonchev–Trinajstić information content (AvgIpc) is 3.34. The Bertz CT molecular complexity index is 1270. The van der Waals surface area contributed by atoms with Crippen LogP contribution in [0.15, 0.2) is 47.9 Å². The minimum absolute atomic E-state index is 0.0161. The zero-order valence-electron chi connectivity index (χ0n) is 19.9. The number of pyridine rings is 1. The highest BCUT2D eigenvalue weighted by Crippen LogP contribution is 2.39. The first kappa shape index (κ1) is 23.5. The fraction of sp³-hybridized carbons (Fsp3) is 0.444. The molecule has 6 nitrogen and oxygen atoms in total. The number of hydrogen-bond acceptors (Lipinski definition) is 4. The minimum atomic E-state index is -2.55. The van der Waals surface area contributed by atoms with E-state index in [9.17, 15) is 13.6 Å². The van der Waals surface area contributed by atoms with E-state index in [0.29, 0.717) is 19.4 Å². The van der Waals surface area contributed by atoms with Gasteiger partial charge >= 0.3 is 5.97 Å². The summed E-state index contributed by atoms with van der Waals surface area (Å²) in [5.74, 6) is -3.23. The number of fused-ring (bicyclic) bond motifs is 1. The molecular weight excluding hydrogens is 452 g/mol. The SMILES string of the molecule is CC1=NOC(C)C1c1cnc2c(-c3ccc(CC(=O)O)cc3)cn(CC3CCC(F)(F)CC3)c2c1. The molecule has 184 valence electrons. The first-order valence-electron chi connectivity index (χ1n) is 12.1. The van der Waals surface area contributed by atoms with Crippen LogP contribution in [-0.2, 0) is 22.6 Å². The molecule has 0 radical (unpaired) electrons. The Balaban J connectivity index is 1.53. The normalized spacial score (nSPS) is 22.2. The minimum Gasteiger partial charge on any atom is -0.481 e. The second kappa shape index (κ2) is 9.06. The number of hydrogen-bond donors (Lipinski definition) is 1. The second-order valence-electron chi connectivity index (χ2n) is 9.92. The van der Waals surface area contributed by atoms with E-state index in [1.54, 1.807) is 0 Å². The van der Waals surface area contributed by atoms with Gasteiger partial charge in [-0.25, -0.2) is 8.78 Å². The molecule has 0 amide bonds. The van der Waals surface area contributed by atoms with E-state index < -0.39 is 11.9 Å². The van der Waals surface area contributed by atoms with Crippen LogP contribution in [0, 0.1) is 5.92 Å². The van der Waals surface area contributed by atoms with Crippen molar-refractivity contribution in [2.75, 3.05) is 0 Å². The first-order chi connectivity index (χ1) is 16.7. The van der Waals surface area contributed by atoms with Gasteiger partial charge in [0.15, 0.2) is 0 Å². The molecule has 1 aliphatic heterocycles. The van der Waals surface area contributed by atoms with Crippen molar-refractivity contribution in [2.24, 2.45) is 11.1 Å². The van der Waals surface area contributed by atoms with Gasteiger partial charge in [-0.1, -0.05) is 29.4 Å². The maximum absolute atomic E-state index is 13.7. The molecule has 1 saturated carbocycles. The van der Waals surface area contributed by atoms with Crippen LogP contribution in [0.5, 0.6) is 0 Å². The summed E-state index contributed by atoms with van der Waals surface area (Å²) in [5, 5.41) is 13.2. The summed E-state index contributed by atoms with van der Waals surface area (Å²) in [6.45, 7) is 4.59. The lowest BCUT2D eigenvalue weighted by molar-refractivity contribution is -0.136. The van der Waals surface area contributed by atoms with Crippen LogP contribution in [0.4, 0.5) is 8.78 Å². The van der Waals surface area contributed by atoms with Crippen molar-refractivity contribution in [3.8, 4) is 11.1 Å². The molecule has 3 aromatic rings. The average molecular weight is 482 g/mol. The van der Waals surface area contributed by atoms with E-state index in [2.05, 4.69) is 22.0 Å². The Morgan fingerprint density at radius 3 is 2.57 bits per heavy atom. The smallest absolute Gasteiger partial charge is 0.307 e. The highest BCUT2D eigenvalue weighted by Gasteiger charge is 2.35. The van der Waals surface area contributed by atoms with Gasteiger partial charge in [-0.3, -0.25) is 9.78 Å². The molecule has 0 spiro atoms. The summed E-state index contributed by atoms with van der Waals surface area (Å²) in [6.07, 6.45) is 4.67. The topological polar surface area (TPSA) is 76.7 Å². The molecule has 35 heavy (non-hydrogen) atoms. The molecule has 2 unspecified atom stereocenters. The van der Waals surface area contributed by atoms with Gasteiger partial charge in [-0.15, -0.1) is 0 Å². The molecule has 2 aliphatic rings. The van der Waals surface area contributed by atoms with Crippen molar-refractivity contribution in [1.82, 2.24) is 9.55 Å². The molecule has 0 bridgehead atoms. The van der Waals surface area contributed by atoms with Gasteiger partial charge < -0.3 is 14.5 Å². The first-order valence-corrected chi connectivity index (χ1v) is 12.1. The van der Waals surface area contributed by atoms with Gasteiger partial charge in [0.25, 0.3) is 0 Å². The van der Waals surface area contributed by atoms with Crippen molar-refractivity contribution in [1.29, 1.82) is 0 Å². The molecule has 1 aliphatic carbocycles. The Kier molecular flexibility index (Phi) is 6.07. The van der Waals surface area contributed by atoms with Gasteiger partial charge in [0.1, 0.15) is 6.10 Å². The quantitative estimate of drug-likeness (QED) is 0.466. The molecule has 3 heterocycles. The number of halogens is 2. The second-order valence-corrected chi connectivity index (χ2v) is 9.92. The summed E-state index contributed by atoms with van der Waals surface area (Å²) >= 11 is 0. The van der Waals surface area contributed by atoms with Crippen LogP contribution in [0.3, 0.4) is 0 Å². The monoisotopic (exact) mass is 481 g/mol. The lowest BCUT2D eigenvalue weighted by Gasteiger charge is -2.28. The molecule has 2 atom stereocenters. The molecular formula is C27H29F2N3O3. The Morgan fingerprint density at radius 1 is 1.23 bits per heavy atom. The summed E-state index contributed by atoms with van der Waals surface area (Å²) in [7, 11) is 0. The number of aromatic nitrogens is 2. The third-order valence-corrected chi connectivity index (χ3v) is 7.29. The Morgan fingerprint density at radius 2 is 1.94 bits per heavy atom. The molecule has 0 saturated heterocycles. The van der Waals surface area contributed by atoms with Gasteiger partial charge in [-0.2, -0.15) is 0 Å². The van der Waals surface area contributed by atoms with Gasteiger partial charge in [0.2, 0.25) is 5.92 Å². The van der Waals surface area contributed by atoms with E-state index in [0.717, 1.165) is 39.0 Å². The summed E-state index contributed by atoms with van der Waals surface area (Å²) in [6, 6.07) is 9.59. The number of rotatable bonds is 6. The molecule has 1 fully saturated rings. The van der Waals surface area contributed by atoms with E-state index in [-0.39, 0.29) is 37.2 Å². The fourth-order valence-electron chi connectivity index (χ4n) is 5.39. The van der Waals surface area contributed by atoms with Crippen molar-refractivity contribution < 1.29 is 23.5 Å². The zero-order valence-corrected chi connectivity index (χ0v) is 19.9. The Labute approximate surface area is 202 Å². The molecule has 8 heteroatoms. The molecule has 1 aromatic carbocycles. The molecule has 5 rings (SSSR count). The summed E-state index contributed by atoms with van der Waals surface area (Å²) < 4.78 is 29.6. The van der Waals surface area contributed by atoms with Crippen LogP contribution >= 0.6 is 0 Å². The maximum atomic E-state index is 13.7. The van der Waals surface area contributed by atoms with Crippen LogP contribution < -0.4 is 0 Å². The van der Waals surface area contributed by atoms with Crippen LogP contribution in [0.25, 0.3) is 22.2 Å². The predicted octanol–water partition coefficient (Wildman–Crippen LogP) is 6.03. The number of benzene rings is 1. The van der Waals surface area contributed by atoms with E-state index in [4.69, 9.17) is 14.9 Å². The maximum Gasteiger partial charge on any atom is 0.307 e. The van der Waals surface area contributed by atoms with Gasteiger partial charge in [-0.05, 0) is 55.4 Å². The summed E-state index contributed by atoms with van der Waals surface area (Å²) in [4.78, 5) is 21.3. The van der Waals surface area contributed by atoms with Crippen LogP contribution in [-0.4, -0.2) is 38.4 Å². The van der Waals surface area contributed by atoms with E-state index >= 15 is 0 Å². The highest BCUT2D eigenvalue weighted by molar-refractivity contribution is 5.95. The highest BCUT2D eigenvalue weighted by atomic mass is 19.3. The standard InChI is InChI=1S/C27H29F2N3O3/c1-16-25(17(2)35-31-16)21-12-23-26(30-13-21)22(20-5-3-18(4-6-20)11-24(33)34)15-32(23)14-19-7-9-27(28,29)10-8-19/h3-6,12-13,15,17,19,25H,7-11,14H2,1-2H3,(H,33,34). The number of nitrogens with zero attached hydrogens (tertiary/aromatic N) is 3. The van der Waals surface area contributed by atoms with Crippen molar-refractivity contribution in [2.45, 2.75) is 70.4 Å². The number of alkyl halides is 2. The number of carboxylic acid groups (broad SMARTS) is 1. The third-order valence-electron chi connectivity index (χ3n) is 7.29. The fourth-order valence-corrected chi connectivity index (χ4v) is 5.39. The predicted molar refractivity (Wildman–Crippen MR) is 130 cm³/mol. The van der Waals surface area contributed by atoms with Crippen molar-refractivity contribution in [3.05, 3.63) is 53.9 Å². The number of carbonyl (C=O) groups is 1. The lowest BCUT2D eigenvalue weighted by atomic mass is 9.86. The Hall–Kier alpha value is -3.29. The number of aliphatic carboxylic acids is 1. The van der Waals surface area contributed by atoms with E-state index in [1.807, 2.05) is 44.3 Å². The lowest BCUT2D eigenvalue weighted by Crippen LogP contribution is -2.26. The number of carboxylic acids is 1. The number of oxime groups is 1. The van der Waals surface area contributed by atoms with Gasteiger partial charge in [0, 0.05) is 37.3 Å². The third kappa shape index (κ3) is 4.79. The largest absolute Gasteiger partial charge is 0.481 e. The van der Waals surface area contributed by atoms with E-state index in [1.165, 1.54) is 0 Å². The van der Waals surface area contributed by atoms with Crippen molar-refractivity contribution in [3.63, 3.8) is 0 Å². The van der Waals surface area contributed by atoms with Crippen LogP contribution in [0.2, 0.25) is 0 Å². The molecule has 1 N–H and O–H groups in total.